The Balaban J connectivity index is 1.66. The van der Waals surface area contributed by atoms with Crippen LogP contribution in [0.5, 0.6) is 5.75 Å². The van der Waals surface area contributed by atoms with Crippen molar-refractivity contribution < 1.29 is 14.3 Å². The van der Waals surface area contributed by atoms with Crippen molar-refractivity contribution in [3.05, 3.63) is 24.3 Å². The summed E-state index contributed by atoms with van der Waals surface area (Å²) in [6.07, 6.45) is 1.32. The molecule has 3 rings (SSSR count). The van der Waals surface area contributed by atoms with Crippen LogP contribution in [0.15, 0.2) is 24.3 Å². The number of aromatic nitrogens is 2. The van der Waals surface area contributed by atoms with Gasteiger partial charge in [-0.2, -0.15) is 0 Å². The molecule has 1 aromatic heterocycles. The van der Waals surface area contributed by atoms with Crippen LogP contribution in [0.2, 0.25) is 0 Å². The van der Waals surface area contributed by atoms with E-state index in [1.807, 2.05) is 31.2 Å². The molecule has 1 aliphatic rings. The number of hydrogen-bond acceptors (Lipinski definition) is 6. The smallest absolute Gasteiger partial charge is 0.255 e. The third-order valence-electron chi connectivity index (χ3n) is 3.29. The van der Waals surface area contributed by atoms with Gasteiger partial charge in [0, 0.05) is 12.2 Å². The largest absolute Gasteiger partial charge is 0.494 e. The Hall–Kier alpha value is -1.99. The summed E-state index contributed by atoms with van der Waals surface area (Å²) in [6.45, 7) is 3.23. The van der Waals surface area contributed by atoms with E-state index in [2.05, 4.69) is 15.5 Å². The summed E-state index contributed by atoms with van der Waals surface area (Å²) in [4.78, 5) is 12.0. The number of nitrogens with zero attached hydrogens (tertiary/aromatic N) is 2. The lowest BCUT2D eigenvalue weighted by Gasteiger charge is -2.07. The first-order chi connectivity index (χ1) is 10.8. The maximum Gasteiger partial charge on any atom is 0.255 e. The zero-order valence-corrected chi connectivity index (χ0v) is 13.1. The van der Waals surface area contributed by atoms with E-state index in [4.69, 9.17) is 9.47 Å². The van der Waals surface area contributed by atoms with Gasteiger partial charge in [-0.05, 0) is 44.0 Å². The van der Waals surface area contributed by atoms with Gasteiger partial charge in [-0.25, -0.2) is 0 Å². The molecule has 0 radical (unpaired) electrons. The van der Waals surface area contributed by atoms with E-state index in [1.54, 1.807) is 0 Å². The SMILES string of the molecule is CCOc1ccc(-c2nnc(NC(=O)[C@@H]3CCCO3)s2)cc1. The third-order valence-corrected chi connectivity index (χ3v) is 4.18. The normalized spacial score (nSPS) is 17.4. The molecule has 0 spiro atoms. The van der Waals surface area contributed by atoms with E-state index >= 15 is 0 Å². The van der Waals surface area contributed by atoms with Crippen molar-refractivity contribution in [3.63, 3.8) is 0 Å². The minimum atomic E-state index is -0.363. The molecular formula is C15H17N3O3S. The standard InChI is InChI=1S/C15H17N3O3S/c1-2-20-11-7-5-10(6-8-11)14-17-18-15(22-14)16-13(19)12-4-3-9-21-12/h5-8,12H,2-4,9H2,1H3,(H,16,18,19)/t12-/m0/s1. The molecule has 1 atom stereocenters. The Morgan fingerprint density at radius 2 is 2.23 bits per heavy atom. The third kappa shape index (κ3) is 3.42. The molecule has 1 N–H and O–H groups in total. The van der Waals surface area contributed by atoms with Crippen molar-refractivity contribution in [2.45, 2.75) is 25.9 Å². The average Bonchev–Trinajstić information content (AvgIpc) is 3.19. The number of benzene rings is 1. The highest BCUT2D eigenvalue weighted by atomic mass is 32.1. The van der Waals surface area contributed by atoms with Crippen LogP contribution in [-0.2, 0) is 9.53 Å². The number of carbonyl (C=O) groups is 1. The summed E-state index contributed by atoms with van der Waals surface area (Å²) in [7, 11) is 0. The van der Waals surface area contributed by atoms with Gasteiger partial charge in [0.25, 0.3) is 5.91 Å². The van der Waals surface area contributed by atoms with E-state index < -0.39 is 0 Å². The first-order valence-electron chi connectivity index (χ1n) is 7.25. The second-order valence-corrected chi connectivity index (χ2v) is 5.84. The second-order valence-electron chi connectivity index (χ2n) is 4.86. The lowest BCUT2D eigenvalue weighted by molar-refractivity contribution is -0.124. The molecule has 2 aromatic rings. The Kier molecular flexibility index (Phi) is 4.65. The van der Waals surface area contributed by atoms with Crippen molar-refractivity contribution >= 4 is 22.4 Å². The van der Waals surface area contributed by atoms with E-state index in [1.165, 1.54) is 11.3 Å². The molecule has 0 saturated carbocycles. The fourth-order valence-electron chi connectivity index (χ4n) is 2.22. The molecule has 6 nitrogen and oxygen atoms in total. The van der Waals surface area contributed by atoms with Crippen molar-refractivity contribution in [2.75, 3.05) is 18.5 Å². The number of ether oxygens (including phenoxy) is 2. The van der Waals surface area contributed by atoms with Gasteiger partial charge >= 0.3 is 0 Å². The van der Waals surface area contributed by atoms with E-state index in [9.17, 15) is 4.79 Å². The fourth-order valence-corrected chi connectivity index (χ4v) is 2.97. The summed E-state index contributed by atoms with van der Waals surface area (Å²) in [5.74, 6) is 0.676. The zero-order valence-electron chi connectivity index (χ0n) is 12.2. The highest BCUT2D eigenvalue weighted by Crippen LogP contribution is 2.28. The monoisotopic (exact) mass is 319 g/mol. The first-order valence-corrected chi connectivity index (χ1v) is 8.07. The molecule has 1 aliphatic heterocycles. The lowest BCUT2D eigenvalue weighted by atomic mass is 10.2. The average molecular weight is 319 g/mol. The number of anilines is 1. The number of rotatable bonds is 5. The summed E-state index contributed by atoms with van der Waals surface area (Å²) in [6, 6.07) is 7.64. The Labute approximate surface area is 132 Å². The van der Waals surface area contributed by atoms with Crippen LogP contribution in [0.25, 0.3) is 10.6 Å². The molecule has 1 fully saturated rings. The number of amides is 1. The van der Waals surface area contributed by atoms with Gasteiger partial charge in [-0.1, -0.05) is 11.3 Å². The van der Waals surface area contributed by atoms with Gasteiger partial charge in [0.15, 0.2) is 0 Å². The Morgan fingerprint density at radius 1 is 1.41 bits per heavy atom. The topological polar surface area (TPSA) is 73.3 Å². The number of nitrogens with one attached hydrogen (secondary N) is 1. The predicted molar refractivity (Wildman–Crippen MR) is 84.1 cm³/mol. The molecule has 1 aromatic carbocycles. The maximum absolute atomic E-state index is 12.0. The quantitative estimate of drug-likeness (QED) is 0.917. The highest BCUT2D eigenvalue weighted by molar-refractivity contribution is 7.18. The zero-order chi connectivity index (χ0) is 15.4. The van der Waals surface area contributed by atoms with E-state index in [-0.39, 0.29) is 12.0 Å². The first kappa shape index (κ1) is 14.9. The maximum atomic E-state index is 12.0. The van der Waals surface area contributed by atoms with Gasteiger partial charge in [-0.15, -0.1) is 10.2 Å². The van der Waals surface area contributed by atoms with Crippen LogP contribution >= 0.6 is 11.3 Å². The molecule has 0 bridgehead atoms. The molecule has 22 heavy (non-hydrogen) atoms. The van der Waals surface area contributed by atoms with Crippen LogP contribution in [0.3, 0.4) is 0 Å². The van der Waals surface area contributed by atoms with E-state index in [0.29, 0.717) is 18.3 Å². The molecule has 0 aliphatic carbocycles. The molecule has 0 unspecified atom stereocenters. The summed E-state index contributed by atoms with van der Waals surface area (Å²) < 4.78 is 10.8. The molecule has 1 amide bonds. The predicted octanol–water partition coefficient (Wildman–Crippen LogP) is 2.72. The Morgan fingerprint density at radius 3 is 2.91 bits per heavy atom. The lowest BCUT2D eigenvalue weighted by Crippen LogP contribution is -2.26. The molecular weight excluding hydrogens is 302 g/mol. The van der Waals surface area contributed by atoms with Crippen LogP contribution in [0.1, 0.15) is 19.8 Å². The van der Waals surface area contributed by atoms with Crippen LogP contribution in [0, 0.1) is 0 Å². The molecule has 7 heteroatoms. The molecule has 2 heterocycles. The minimum Gasteiger partial charge on any atom is -0.494 e. The van der Waals surface area contributed by atoms with E-state index in [0.717, 1.165) is 29.2 Å². The summed E-state index contributed by atoms with van der Waals surface area (Å²) >= 11 is 1.34. The Bertz CT molecular complexity index is 636. The highest BCUT2D eigenvalue weighted by Gasteiger charge is 2.24. The van der Waals surface area contributed by atoms with Crippen molar-refractivity contribution in [1.29, 1.82) is 0 Å². The minimum absolute atomic E-state index is 0.146. The second kappa shape index (κ2) is 6.85. The van der Waals surface area contributed by atoms with Crippen LogP contribution < -0.4 is 10.1 Å². The van der Waals surface area contributed by atoms with Gasteiger partial charge in [0.1, 0.15) is 16.9 Å². The van der Waals surface area contributed by atoms with Gasteiger partial charge in [-0.3, -0.25) is 10.1 Å². The number of carbonyl (C=O) groups excluding carboxylic acids is 1. The van der Waals surface area contributed by atoms with Gasteiger partial charge in [0.2, 0.25) is 5.13 Å². The fraction of sp³-hybridized carbons (Fsp3) is 0.400. The summed E-state index contributed by atoms with van der Waals surface area (Å²) in [5, 5.41) is 12.1. The van der Waals surface area contributed by atoms with Crippen molar-refractivity contribution in [2.24, 2.45) is 0 Å². The van der Waals surface area contributed by atoms with Gasteiger partial charge in [0.05, 0.1) is 6.61 Å². The van der Waals surface area contributed by atoms with Crippen molar-refractivity contribution in [3.8, 4) is 16.3 Å². The molecule has 116 valence electrons. The number of hydrogen-bond donors (Lipinski definition) is 1. The van der Waals surface area contributed by atoms with Crippen LogP contribution in [-0.4, -0.2) is 35.4 Å². The van der Waals surface area contributed by atoms with Crippen molar-refractivity contribution in [1.82, 2.24) is 10.2 Å². The molecule has 1 saturated heterocycles. The summed E-state index contributed by atoms with van der Waals surface area (Å²) in [5.41, 5.74) is 0.943. The van der Waals surface area contributed by atoms with Crippen LogP contribution in [0.4, 0.5) is 5.13 Å². The van der Waals surface area contributed by atoms with Gasteiger partial charge < -0.3 is 9.47 Å².